The molecule has 126 valence electrons. The first-order chi connectivity index (χ1) is 11.4. The summed E-state index contributed by atoms with van der Waals surface area (Å²) in [5.41, 5.74) is 2.08. The Morgan fingerprint density at radius 2 is 2.04 bits per heavy atom. The van der Waals surface area contributed by atoms with E-state index in [1.165, 1.54) is 7.11 Å². The number of carbonyl (C=O) groups excluding carboxylic acids is 1. The van der Waals surface area contributed by atoms with Gasteiger partial charge in [0, 0.05) is 24.5 Å². The summed E-state index contributed by atoms with van der Waals surface area (Å²) in [5, 5.41) is 0. The summed E-state index contributed by atoms with van der Waals surface area (Å²) in [4.78, 5) is 27.9. The molecule has 0 aromatic carbocycles. The molecule has 2 aromatic heterocycles. The highest BCUT2D eigenvalue weighted by Gasteiger charge is 2.36. The van der Waals surface area contributed by atoms with Crippen molar-refractivity contribution in [3.05, 3.63) is 35.7 Å². The highest BCUT2D eigenvalue weighted by molar-refractivity contribution is 5.84. The van der Waals surface area contributed by atoms with E-state index in [0.717, 1.165) is 42.0 Å². The molecule has 0 aliphatic heterocycles. The van der Waals surface area contributed by atoms with Gasteiger partial charge in [-0.2, -0.15) is 0 Å². The molecule has 0 saturated heterocycles. The van der Waals surface area contributed by atoms with Gasteiger partial charge < -0.3 is 9.64 Å². The van der Waals surface area contributed by atoms with Gasteiger partial charge in [-0.25, -0.2) is 14.8 Å². The number of aromatic nitrogens is 3. The summed E-state index contributed by atoms with van der Waals surface area (Å²) in [7, 11) is 3.28. The van der Waals surface area contributed by atoms with Crippen molar-refractivity contribution < 1.29 is 9.53 Å². The van der Waals surface area contributed by atoms with Crippen LogP contribution < -0.4 is 4.90 Å². The van der Waals surface area contributed by atoms with Gasteiger partial charge in [0.25, 0.3) is 0 Å². The fourth-order valence-electron chi connectivity index (χ4n) is 2.95. The van der Waals surface area contributed by atoms with Crippen LogP contribution in [0, 0.1) is 0 Å². The molecule has 1 aliphatic carbocycles. The largest absolute Gasteiger partial charge is 0.467 e. The number of fused-ring (bicyclic) bond motifs is 1. The molecule has 0 N–H and O–H groups in total. The Hall–Kier alpha value is -2.50. The number of esters is 1. The van der Waals surface area contributed by atoms with E-state index in [1.807, 2.05) is 44.0 Å². The molecule has 0 fully saturated rings. The molecule has 2 heterocycles. The van der Waals surface area contributed by atoms with E-state index in [1.54, 1.807) is 6.20 Å². The monoisotopic (exact) mass is 326 g/mol. The third kappa shape index (κ3) is 2.72. The van der Waals surface area contributed by atoms with Gasteiger partial charge in [0.15, 0.2) is 5.82 Å². The average Bonchev–Trinajstić information content (AvgIpc) is 3.08. The Morgan fingerprint density at radius 3 is 2.71 bits per heavy atom. The van der Waals surface area contributed by atoms with Crippen LogP contribution in [0.1, 0.15) is 31.5 Å². The van der Waals surface area contributed by atoms with E-state index in [4.69, 9.17) is 14.7 Å². The molecular weight excluding hydrogens is 304 g/mol. The highest BCUT2D eigenvalue weighted by Crippen LogP contribution is 2.33. The van der Waals surface area contributed by atoms with Gasteiger partial charge >= 0.3 is 5.97 Å². The summed E-state index contributed by atoms with van der Waals surface area (Å²) in [6, 6.07) is 5.68. The minimum atomic E-state index is -0.819. The summed E-state index contributed by atoms with van der Waals surface area (Å²) in [5.74, 6) is 1.09. The van der Waals surface area contributed by atoms with Crippen molar-refractivity contribution in [2.45, 2.75) is 38.6 Å². The molecular formula is C18H22N4O2. The molecule has 0 amide bonds. The molecule has 2 aromatic rings. The first kappa shape index (κ1) is 16.4. The second-order valence-corrected chi connectivity index (χ2v) is 6.47. The lowest BCUT2D eigenvalue weighted by molar-refractivity contribution is -0.145. The van der Waals surface area contributed by atoms with Gasteiger partial charge in [-0.1, -0.05) is 6.07 Å². The number of ether oxygens (including phenoxy) is 1. The molecule has 0 saturated carbocycles. The fourth-order valence-corrected chi connectivity index (χ4v) is 2.95. The third-order valence-electron chi connectivity index (χ3n) is 4.65. The van der Waals surface area contributed by atoms with Crippen molar-refractivity contribution >= 4 is 11.8 Å². The lowest BCUT2D eigenvalue weighted by atomic mass is 10.0. The zero-order valence-corrected chi connectivity index (χ0v) is 14.5. The van der Waals surface area contributed by atoms with E-state index in [0.29, 0.717) is 5.82 Å². The van der Waals surface area contributed by atoms with Crippen molar-refractivity contribution in [3.63, 3.8) is 0 Å². The van der Waals surface area contributed by atoms with Gasteiger partial charge in [-0.15, -0.1) is 0 Å². The van der Waals surface area contributed by atoms with E-state index < -0.39 is 5.54 Å². The zero-order chi connectivity index (χ0) is 17.3. The normalized spacial score (nSPS) is 13.5. The molecule has 3 rings (SSSR count). The first-order valence-corrected chi connectivity index (χ1v) is 8.08. The number of anilines is 1. The second-order valence-electron chi connectivity index (χ2n) is 6.47. The summed E-state index contributed by atoms with van der Waals surface area (Å²) >= 11 is 0. The molecule has 0 bridgehead atoms. The lowest BCUT2D eigenvalue weighted by Crippen LogP contribution is -2.49. The standard InChI is InChI=1S/C18H22N4O2/c1-18(2,17(23)24-4)22(3)16-12-8-7-10-13(12)20-15(21-16)14-9-5-6-11-19-14/h5-6,9,11H,7-8,10H2,1-4H3. The summed E-state index contributed by atoms with van der Waals surface area (Å²) in [6.07, 6.45) is 4.63. The van der Waals surface area contributed by atoms with Crippen molar-refractivity contribution in [3.8, 4) is 11.5 Å². The highest BCUT2D eigenvalue weighted by atomic mass is 16.5. The van der Waals surface area contributed by atoms with Gasteiger partial charge in [0.1, 0.15) is 17.1 Å². The maximum Gasteiger partial charge on any atom is 0.331 e. The molecule has 0 spiro atoms. The van der Waals surface area contributed by atoms with Gasteiger partial charge in [0.05, 0.1) is 7.11 Å². The van der Waals surface area contributed by atoms with Crippen LogP contribution in [-0.4, -0.2) is 40.6 Å². The minimum absolute atomic E-state index is 0.297. The average molecular weight is 326 g/mol. The van der Waals surface area contributed by atoms with E-state index in [2.05, 4.69) is 4.98 Å². The Kier molecular flexibility index (Phi) is 4.22. The lowest BCUT2D eigenvalue weighted by Gasteiger charge is -2.35. The number of rotatable bonds is 4. The number of hydrogen-bond donors (Lipinski definition) is 0. The molecule has 1 aliphatic rings. The second kappa shape index (κ2) is 6.19. The van der Waals surface area contributed by atoms with Crippen LogP contribution >= 0.6 is 0 Å². The minimum Gasteiger partial charge on any atom is -0.467 e. The molecule has 0 radical (unpaired) electrons. The third-order valence-corrected chi connectivity index (χ3v) is 4.65. The number of pyridine rings is 1. The van der Waals surface area contributed by atoms with Crippen molar-refractivity contribution in [2.75, 3.05) is 19.1 Å². The van der Waals surface area contributed by atoms with E-state index >= 15 is 0 Å². The molecule has 6 heteroatoms. The number of nitrogens with zero attached hydrogens (tertiary/aromatic N) is 4. The predicted octanol–water partition coefficient (Wildman–Crippen LogP) is 2.42. The molecule has 6 nitrogen and oxygen atoms in total. The number of hydrogen-bond acceptors (Lipinski definition) is 6. The Labute approximate surface area is 141 Å². The first-order valence-electron chi connectivity index (χ1n) is 8.08. The molecule has 0 unspecified atom stereocenters. The van der Waals surface area contributed by atoms with Crippen molar-refractivity contribution in [1.82, 2.24) is 15.0 Å². The summed E-state index contributed by atoms with van der Waals surface area (Å²) < 4.78 is 4.96. The van der Waals surface area contributed by atoms with Crippen LogP contribution in [0.2, 0.25) is 0 Å². The zero-order valence-electron chi connectivity index (χ0n) is 14.5. The number of methoxy groups -OCH3 is 1. The Balaban J connectivity index is 2.11. The SMILES string of the molecule is COC(=O)C(C)(C)N(C)c1nc(-c2ccccn2)nc2c1CCC2. The van der Waals surface area contributed by atoms with Crippen LogP contribution in [0.25, 0.3) is 11.5 Å². The van der Waals surface area contributed by atoms with Gasteiger partial charge in [-0.3, -0.25) is 4.98 Å². The maximum atomic E-state index is 12.2. The number of aryl methyl sites for hydroxylation is 1. The van der Waals surface area contributed by atoms with Crippen LogP contribution in [0.5, 0.6) is 0 Å². The smallest absolute Gasteiger partial charge is 0.331 e. The van der Waals surface area contributed by atoms with E-state index in [-0.39, 0.29) is 5.97 Å². The fraction of sp³-hybridized carbons (Fsp3) is 0.444. The topological polar surface area (TPSA) is 68.2 Å². The molecule has 24 heavy (non-hydrogen) atoms. The summed E-state index contributed by atoms with van der Waals surface area (Å²) in [6.45, 7) is 3.67. The predicted molar refractivity (Wildman–Crippen MR) is 91.8 cm³/mol. The Morgan fingerprint density at radius 1 is 1.25 bits per heavy atom. The maximum absolute atomic E-state index is 12.2. The molecule has 0 atom stereocenters. The van der Waals surface area contributed by atoms with Crippen LogP contribution in [0.3, 0.4) is 0 Å². The van der Waals surface area contributed by atoms with E-state index in [9.17, 15) is 4.79 Å². The quantitative estimate of drug-likeness (QED) is 0.804. The number of likely N-dealkylation sites (N-methyl/N-ethyl adjacent to an activating group) is 1. The van der Waals surface area contributed by atoms with Gasteiger partial charge in [0.2, 0.25) is 0 Å². The van der Waals surface area contributed by atoms with Gasteiger partial charge in [-0.05, 0) is 45.2 Å². The van der Waals surface area contributed by atoms with Crippen LogP contribution in [0.15, 0.2) is 24.4 Å². The van der Waals surface area contributed by atoms with Crippen LogP contribution in [-0.2, 0) is 22.4 Å². The Bertz CT molecular complexity index is 759. The van der Waals surface area contributed by atoms with Crippen molar-refractivity contribution in [2.24, 2.45) is 0 Å². The van der Waals surface area contributed by atoms with Crippen LogP contribution in [0.4, 0.5) is 5.82 Å². The van der Waals surface area contributed by atoms with Crippen molar-refractivity contribution in [1.29, 1.82) is 0 Å². The number of carbonyl (C=O) groups is 1.